The number of hydrogen-bond donors (Lipinski definition) is 1. The van der Waals surface area contributed by atoms with Crippen molar-refractivity contribution in [2.75, 3.05) is 7.05 Å². The molecule has 1 aromatic heterocycles. The van der Waals surface area contributed by atoms with E-state index >= 15 is 0 Å². The average molecular weight is 263 g/mol. The molecular weight excluding hydrogens is 246 g/mol. The van der Waals surface area contributed by atoms with E-state index in [-0.39, 0.29) is 0 Å². The maximum Gasteiger partial charge on any atom is 0.0601 e. The van der Waals surface area contributed by atoms with Gasteiger partial charge in [-0.05, 0) is 24.1 Å². The Labute approximate surface area is 111 Å². The molecular formula is C14H17NS2. The first-order valence-corrected chi connectivity index (χ1v) is 7.49. The van der Waals surface area contributed by atoms with E-state index < -0.39 is 0 Å². The van der Waals surface area contributed by atoms with Crippen LogP contribution in [0.2, 0.25) is 0 Å². The van der Waals surface area contributed by atoms with Crippen LogP contribution >= 0.6 is 23.1 Å². The van der Waals surface area contributed by atoms with Crippen LogP contribution < -0.4 is 5.32 Å². The van der Waals surface area contributed by atoms with Crippen molar-refractivity contribution >= 4 is 23.1 Å². The highest BCUT2D eigenvalue weighted by molar-refractivity contribution is 8.01. The van der Waals surface area contributed by atoms with Crippen molar-refractivity contribution in [2.24, 2.45) is 0 Å². The molecule has 90 valence electrons. The van der Waals surface area contributed by atoms with E-state index in [1.54, 1.807) is 0 Å². The van der Waals surface area contributed by atoms with Crippen molar-refractivity contribution in [3.8, 4) is 0 Å². The molecule has 17 heavy (non-hydrogen) atoms. The third-order valence-electron chi connectivity index (χ3n) is 2.74. The molecule has 0 aliphatic heterocycles. The summed E-state index contributed by atoms with van der Waals surface area (Å²) >= 11 is 3.74. The van der Waals surface area contributed by atoms with Gasteiger partial charge in [-0.1, -0.05) is 43.3 Å². The molecule has 0 aliphatic carbocycles. The van der Waals surface area contributed by atoms with Crippen LogP contribution in [0.25, 0.3) is 0 Å². The maximum atomic E-state index is 3.41. The summed E-state index contributed by atoms with van der Waals surface area (Å²) in [5.41, 5.74) is 1.35. The summed E-state index contributed by atoms with van der Waals surface area (Å²) in [5, 5.41) is 6.06. The van der Waals surface area contributed by atoms with Gasteiger partial charge in [0.05, 0.1) is 4.21 Å². The first-order valence-electron chi connectivity index (χ1n) is 5.73. The van der Waals surface area contributed by atoms with Gasteiger partial charge in [0.25, 0.3) is 0 Å². The molecule has 0 bridgehead atoms. The molecule has 2 atom stereocenters. The van der Waals surface area contributed by atoms with Crippen molar-refractivity contribution in [3.63, 3.8) is 0 Å². The lowest BCUT2D eigenvalue weighted by molar-refractivity contribution is 0.589. The van der Waals surface area contributed by atoms with Gasteiger partial charge in [-0.25, -0.2) is 0 Å². The SMILES string of the molecule is CNC(c1ccccc1)C(C)Sc1cccs1. The van der Waals surface area contributed by atoms with E-state index in [1.165, 1.54) is 9.77 Å². The summed E-state index contributed by atoms with van der Waals surface area (Å²) in [6.45, 7) is 2.28. The van der Waals surface area contributed by atoms with Crippen LogP contribution in [0.15, 0.2) is 52.1 Å². The van der Waals surface area contributed by atoms with Crippen molar-refractivity contribution in [3.05, 3.63) is 53.4 Å². The van der Waals surface area contributed by atoms with E-state index in [4.69, 9.17) is 0 Å². The second-order valence-electron chi connectivity index (χ2n) is 3.93. The topological polar surface area (TPSA) is 12.0 Å². The number of hydrogen-bond acceptors (Lipinski definition) is 3. The Morgan fingerprint density at radius 1 is 1.12 bits per heavy atom. The molecule has 0 spiro atoms. The smallest absolute Gasteiger partial charge is 0.0601 e. The zero-order valence-corrected chi connectivity index (χ0v) is 11.7. The van der Waals surface area contributed by atoms with Crippen molar-refractivity contribution in [1.82, 2.24) is 5.32 Å². The van der Waals surface area contributed by atoms with Gasteiger partial charge < -0.3 is 5.32 Å². The normalized spacial score (nSPS) is 14.5. The predicted octanol–water partition coefficient (Wildman–Crippen LogP) is 4.19. The predicted molar refractivity (Wildman–Crippen MR) is 77.9 cm³/mol. The average Bonchev–Trinajstić information content (AvgIpc) is 2.84. The third kappa shape index (κ3) is 3.35. The van der Waals surface area contributed by atoms with E-state index in [0.717, 1.165) is 0 Å². The van der Waals surface area contributed by atoms with Crippen LogP contribution in [0, 0.1) is 0 Å². The number of nitrogens with one attached hydrogen (secondary N) is 1. The lowest BCUT2D eigenvalue weighted by Gasteiger charge is -2.23. The highest BCUT2D eigenvalue weighted by atomic mass is 32.2. The van der Waals surface area contributed by atoms with E-state index in [2.05, 4.69) is 60.1 Å². The highest BCUT2D eigenvalue weighted by Crippen LogP contribution is 2.34. The van der Waals surface area contributed by atoms with Gasteiger partial charge in [0.2, 0.25) is 0 Å². The number of thiophene rings is 1. The zero-order valence-electron chi connectivity index (χ0n) is 10.1. The zero-order chi connectivity index (χ0) is 12.1. The fourth-order valence-corrected chi connectivity index (χ4v) is 4.16. The summed E-state index contributed by atoms with van der Waals surface area (Å²) < 4.78 is 1.38. The molecule has 2 unspecified atom stereocenters. The van der Waals surface area contributed by atoms with Gasteiger partial charge in [-0.2, -0.15) is 0 Å². The van der Waals surface area contributed by atoms with Gasteiger partial charge in [0, 0.05) is 11.3 Å². The van der Waals surface area contributed by atoms with Gasteiger partial charge in [-0.3, -0.25) is 0 Å². The first kappa shape index (κ1) is 12.7. The van der Waals surface area contributed by atoms with Crippen LogP contribution in [0.4, 0.5) is 0 Å². The summed E-state index contributed by atoms with van der Waals surface area (Å²) in [5.74, 6) is 0. The fourth-order valence-electron chi connectivity index (χ4n) is 1.91. The van der Waals surface area contributed by atoms with Gasteiger partial charge in [0.15, 0.2) is 0 Å². The van der Waals surface area contributed by atoms with Crippen molar-refractivity contribution in [1.29, 1.82) is 0 Å². The molecule has 0 aliphatic rings. The van der Waals surface area contributed by atoms with E-state index in [9.17, 15) is 0 Å². The summed E-state index contributed by atoms with van der Waals surface area (Å²) in [6, 6.07) is 15.3. The van der Waals surface area contributed by atoms with Crippen LogP contribution in [0.1, 0.15) is 18.5 Å². The van der Waals surface area contributed by atoms with Gasteiger partial charge in [0.1, 0.15) is 0 Å². The lowest BCUT2D eigenvalue weighted by Crippen LogP contribution is -2.25. The second kappa shape index (κ2) is 6.24. The molecule has 0 amide bonds. The third-order valence-corrected chi connectivity index (χ3v) is 4.99. The highest BCUT2D eigenvalue weighted by Gasteiger charge is 2.18. The lowest BCUT2D eigenvalue weighted by atomic mass is 10.0. The van der Waals surface area contributed by atoms with Crippen molar-refractivity contribution in [2.45, 2.75) is 22.4 Å². The molecule has 1 nitrogen and oxygen atoms in total. The molecule has 1 aromatic carbocycles. The Hall–Kier alpha value is -0.770. The quantitative estimate of drug-likeness (QED) is 0.812. The van der Waals surface area contributed by atoms with E-state index in [0.29, 0.717) is 11.3 Å². The summed E-state index contributed by atoms with van der Waals surface area (Å²) in [4.78, 5) is 0. The fraction of sp³-hybridized carbons (Fsp3) is 0.286. The minimum Gasteiger partial charge on any atom is -0.312 e. The molecule has 0 saturated carbocycles. The Kier molecular flexibility index (Phi) is 4.66. The van der Waals surface area contributed by atoms with Gasteiger partial charge >= 0.3 is 0 Å². The number of thioether (sulfide) groups is 1. The Morgan fingerprint density at radius 3 is 2.47 bits per heavy atom. The molecule has 0 saturated heterocycles. The second-order valence-corrected chi connectivity index (χ2v) is 6.56. The molecule has 0 fully saturated rings. The molecule has 1 N–H and O–H groups in total. The largest absolute Gasteiger partial charge is 0.312 e. The van der Waals surface area contributed by atoms with Crippen LogP contribution in [0.5, 0.6) is 0 Å². The standard InChI is InChI=1S/C14H17NS2/c1-11(17-13-9-6-10-16-13)14(15-2)12-7-4-3-5-8-12/h3-11,14-15H,1-2H3. The Bertz CT molecular complexity index is 425. The maximum absolute atomic E-state index is 3.41. The van der Waals surface area contributed by atoms with Crippen molar-refractivity contribution < 1.29 is 0 Å². The molecule has 2 rings (SSSR count). The molecule has 1 heterocycles. The molecule has 3 heteroatoms. The van der Waals surface area contributed by atoms with E-state index in [1.807, 2.05) is 30.1 Å². The number of rotatable bonds is 5. The van der Waals surface area contributed by atoms with Crippen LogP contribution in [-0.2, 0) is 0 Å². The molecule has 0 radical (unpaired) electrons. The minimum atomic E-state index is 0.392. The monoisotopic (exact) mass is 263 g/mol. The van der Waals surface area contributed by atoms with Gasteiger partial charge in [-0.15, -0.1) is 23.1 Å². The molecule has 2 aromatic rings. The minimum absolute atomic E-state index is 0.392. The number of benzene rings is 1. The van der Waals surface area contributed by atoms with Crippen LogP contribution in [0.3, 0.4) is 0 Å². The summed E-state index contributed by atoms with van der Waals surface area (Å²) in [7, 11) is 2.03. The Balaban J connectivity index is 2.08. The summed E-state index contributed by atoms with van der Waals surface area (Å²) in [6.07, 6.45) is 0. The Morgan fingerprint density at radius 2 is 1.88 bits per heavy atom. The van der Waals surface area contributed by atoms with Crippen LogP contribution in [-0.4, -0.2) is 12.3 Å². The first-order chi connectivity index (χ1) is 8.31.